The minimum Gasteiger partial charge on any atom is -0.370 e. The number of nitrogens with zero attached hydrogens (tertiary/aromatic N) is 1. The second-order valence-electron chi connectivity index (χ2n) is 6.21. The van der Waals surface area contributed by atoms with Crippen molar-refractivity contribution in [3.63, 3.8) is 0 Å². The molecular weight excluding hydrogens is 232 g/mol. The molecule has 1 saturated heterocycles. The Bertz CT molecular complexity index is 415. The van der Waals surface area contributed by atoms with Crippen molar-refractivity contribution >= 4 is 5.69 Å². The average Bonchev–Trinajstić information content (AvgIpc) is 2.64. The van der Waals surface area contributed by atoms with E-state index in [1.165, 1.54) is 57.4 Å². The van der Waals surface area contributed by atoms with E-state index in [1.807, 2.05) is 0 Å². The van der Waals surface area contributed by atoms with Crippen LogP contribution in [0.15, 0.2) is 24.3 Å². The van der Waals surface area contributed by atoms with E-state index < -0.39 is 0 Å². The van der Waals surface area contributed by atoms with Crippen molar-refractivity contribution in [3.05, 3.63) is 29.8 Å². The Kier molecular flexibility index (Phi) is 4.07. The van der Waals surface area contributed by atoms with E-state index in [-0.39, 0.29) is 0 Å². The number of hydrogen-bond acceptors (Lipinski definition) is 2. The number of rotatable bonds is 2. The van der Waals surface area contributed by atoms with Gasteiger partial charge in [0.15, 0.2) is 0 Å². The van der Waals surface area contributed by atoms with Crippen LogP contribution in [0.4, 0.5) is 5.69 Å². The molecule has 2 heterocycles. The number of para-hydroxylation sites is 1. The van der Waals surface area contributed by atoms with Crippen LogP contribution in [-0.2, 0) is 6.42 Å². The number of benzene rings is 1. The summed E-state index contributed by atoms with van der Waals surface area (Å²) in [5.74, 6) is 0.809. The van der Waals surface area contributed by atoms with Crippen molar-refractivity contribution in [1.29, 1.82) is 0 Å². The molecule has 1 aromatic rings. The van der Waals surface area contributed by atoms with E-state index in [9.17, 15) is 0 Å². The first-order valence-electron chi connectivity index (χ1n) is 7.91. The summed E-state index contributed by atoms with van der Waals surface area (Å²) in [5.41, 5.74) is 3.03. The predicted molar refractivity (Wildman–Crippen MR) is 81.8 cm³/mol. The van der Waals surface area contributed by atoms with Gasteiger partial charge in [-0.25, -0.2) is 0 Å². The zero-order chi connectivity index (χ0) is 13.1. The number of hydrogen-bond donors (Lipinski definition) is 1. The Balaban J connectivity index is 1.76. The van der Waals surface area contributed by atoms with E-state index in [0.717, 1.165) is 5.92 Å². The van der Waals surface area contributed by atoms with Gasteiger partial charge in [-0.05, 0) is 56.2 Å². The number of fused-ring (bicyclic) bond motifs is 1. The average molecular weight is 258 g/mol. The van der Waals surface area contributed by atoms with Gasteiger partial charge in [0.05, 0.1) is 0 Å². The molecule has 0 radical (unpaired) electrons. The molecule has 2 aliphatic heterocycles. The molecule has 19 heavy (non-hydrogen) atoms. The van der Waals surface area contributed by atoms with Gasteiger partial charge in [0.1, 0.15) is 0 Å². The lowest BCUT2D eigenvalue weighted by Crippen LogP contribution is -2.48. The van der Waals surface area contributed by atoms with Gasteiger partial charge in [-0.3, -0.25) is 0 Å². The summed E-state index contributed by atoms with van der Waals surface area (Å²) in [6, 6.07) is 9.66. The third-order valence-corrected chi connectivity index (χ3v) is 4.80. The summed E-state index contributed by atoms with van der Waals surface area (Å²) in [4.78, 5) is 2.63. The molecule has 0 bridgehead atoms. The summed E-state index contributed by atoms with van der Waals surface area (Å²) in [5, 5.41) is 3.73. The Morgan fingerprint density at radius 3 is 3.00 bits per heavy atom. The van der Waals surface area contributed by atoms with Gasteiger partial charge < -0.3 is 10.2 Å². The predicted octanol–water partition coefficient (Wildman–Crippen LogP) is 3.22. The maximum absolute atomic E-state index is 3.73. The largest absolute Gasteiger partial charge is 0.370 e. The molecule has 104 valence electrons. The van der Waals surface area contributed by atoms with E-state index in [2.05, 4.69) is 41.4 Å². The molecule has 1 fully saturated rings. The van der Waals surface area contributed by atoms with Gasteiger partial charge in [-0.15, -0.1) is 0 Å². The molecule has 0 aliphatic carbocycles. The number of anilines is 1. The Hall–Kier alpha value is -1.02. The summed E-state index contributed by atoms with van der Waals surface area (Å²) in [6.07, 6.45) is 6.64. The van der Waals surface area contributed by atoms with Crippen LogP contribution in [0.3, 0.4) is 0 Å². The van der Waals surface area contributed by atoms with Crippen LogP contribution in [0, 0.1) is 5.92 Å². The van der Waals surface area contributed by atoms with E-state index >= 15 is 0 Å². The van der Waals surface area contributed by atoms with Crippen LogP contribution >= 0.6 is 0 Å². The zero-order valence-electron chi connectivity index (χ0n) is 12.1. The van der Waals surface area contributed by atoms with Gasteiger partial charge in [-0.1, -0.05) is 25.1 Å². The Morgan fingerprint density at radius 1 is 1.21 bits per heavy atom. The molecule has 2 heteroatoms. The Morgan fingerprint density at radius 2 is 2.11 bits per heavy atom. The highest BCUT2D eigenvalue weighted by Gasteiger charge is 2.24. The maximum Gasteiger partial charge on any atom is 0.0399 e. The quantitative estimate of drug-likeness (QED) is 0.876. The first-order chi connectivity index (χ1) is 9.34. The first-order valence-corrected chi connectivity index (χ1v) is 7.91. The van der Waals surface area contributed by atoms with Crippen LogP contribution in [0.2, 0.25) is 0 Å². The molecular formula is C17H26N2. The standard InChI is InChI=1S/C17H26N2/c1-14-7-6-11-18-16(14)13-19-12-5-4-9-15-8-2-3-10-17(15)19/h2-3,8,10,14,16,18H,4-7,9,11-13H2,1H3. The van der Waals surface area contributed by atoms with Gasteiger partial charge in [0, 0.05) is 24.8 Å². The molecule has 1 aromatic carbocycles. The van der Waals surface area contributed by atoms with Crippen molar-refractivity contribution in [2.75, 3.05) is 24.5 Å². The summed E-state index contributed by atoms with van der Waals surface area (Å²) in [6.45, 7) is 6.01. The van der Waals surface area contributed by atoms with Crippen LogP contribution in [0.5, 0.6) is 0 Å². The summed E-state index contributed by atoms with van der Waals surface area (Å²) >= 11 is 0. The number of nitrogens with one attached hydrogen (secondary N) is 1. The highest BCUT2D eigenvalue weighted by Crippen LogP contribution is 2.27. The SMILES string of the molecule is CC1CCCNC1CN1CCCCc2ccccc21. The van der Waals surface area contributed by atoms with Crippen LogP contribution in [0.1, 0.15) is 38.2 Å². The monoisotopic (exact) mass is 258 g/mol. The minimum atomic E-state index is 0.667. The summed E-state index contributed by atoms with van der Waals surface area (Å²) in [7, 11) is 0. The third-order valence-electron chi connectivity index (χ3n) is 4.80. The molecule has 0 saturated carbocycles. The second-order valence-corrected chi connectivity index (χ2v) is 6.21. The fraction of sp³-hybridized carbons (Fsp3) is 0.647. The fourth-order valence-corrected chi connectivity index (χ4v) is 3.55. The number of aryl methyl sites for hydroxylation is 1. The molecule has 1 N–H and O–H groups in total. The second kappa shape index (κ2) is 5.96. The first kappa shape index (κ1) is 13.0. The van der Waals surface area contributed by atoms with Crippen molar-refractivity contribution in [3.8, 4) is 0 Å². The lowest BCUT2D eigenvalue weighted by molar-refractivity contribution is 0.301. The molecule has 2 unspecified atom stereocenters. The van der Waals surface area contributed by atoms with Crippen molar-refractivity contribution in [2.45, 2.75) is 45.1 Å². The molecule has 3 rings (SSSR count). The van der Waals surface area contributed by atoms with Gasteiger partial charge in [0.2, 0.25) is 0 Å². The van der Waals surface area contributed by atoms with Crippen LogP contribution in [0.25, 0.3) is 0 Å². The molecule has 2 aliphatic rings. The highest BCUT2D eigenvalue weighted by atomic mass is 15.2. The molecule has 0 spiro atoms. The lowest BCUT2D eigenvalue weighted by atomic mass is 9.92. The fourth-order valence-electron chi connectivity index (χ4n) is 3.55. The minimum absolute atomic E-state index is 0.667. The van der Waals surface area contributed by atoms with Gasteiger partial charge in [0.25, 0.3) is 0 Å². The van der Waals surface area contributed by atoms with E-state index in [0.29, 0.717) is 6.04 Å². The maximum atomic E-state index is 3.73. The van der Waals surface area contributed by atoms with Crippen molar-refractivity contribution < 1.29 is 0 Å². The smallest absolute Gasteiger partial charge is 0.0399 e. The Labute approximate surface area is 117 Å². The highest BCUT2D eigenvalue weighted by molar-refractivity contribution is 5.54. The zero-order valence-corrected chi connectivity index (χ0v) is 12.1. The van der Waals surface area contributed by atoms with E-state index in [1.54, 1.807) is 5.56 Å². The molecule has 0 amide bonds. The summed E-state index contributed by atoms with van der Waals surface area (Å²) < 4.78 is 0. The number of piperidine rings is 1. The molecule has 2 atom stereocenters. The van der Waals surface area contributed by atoms with E-state index in [4.69, 9.17) is 0 Å². The molecule has 2 nitrogen and oxygen atoms in total. The normalized spacial score (nSPS) is 27.7. The lowest BCUT2D eigenvalue weighted by Gasteiger charge is -2.36. The van der Waals surface area contributed by atoms with Crippen LogP contribution < -0.4 is 10.2 Å². The topological polar surface area (TPSA) is 15.3 Å². The van der Waals surface area contributed by atoms with Gasteiger partial charge >= 0.3 is 0 Å². The van der Waals surface area contributed by atoms with Crippen molar-refractivity contribution in [2.24, 2.45) is 5.92 Å². The van der Waals surface area contributed by atoms with Crippen LogP contribution in [-0.4, -0.2) is 25.7 Å². The van der Waals surface area contributed by atoms with Gasteiger partial charge in [-0.2, -0.15) is 0 Å². The molecule has 0 aromatic heterocycles. The third kappa shape index (κ3) is 2.94. The van der Waals surface area contributed by atoms with Crippen molar-refractivity contribution in [1.82, 2.24) is 5.32 Å².